The Kier molecular flexibility index (Phi) is 7.57. The van der Waals surface area contributed by atoms with Crippen LogP contribution in [0.5, 0.6) is 5.75 Å². The van der Waals surface area contributed by atoms with Crippen LogP contribution in [0.2, 0.25) is 0 Å². The molecular weight excluding hydrogens is 480 g/mol. The molecule has 186 valence electrons. The molecule has 0 aromatic heterocycles. The van der Waals surface area contributed by atoms with E-state index in [0.717, 1.165) is 33.2 Å². The molecule has 0 aliphatic carbocycles. The van der Waals surface area contributed by atoms with Crippen molar-refractivity contribution in [2.45, 2.75) is 29.7 Å². The number of ether oxygens (including phenoxy) is 1. The van der Waals surface area contributed by atoms with Crippen LogP contribution in [0.4, 0.5) is 5.69 Å². The monoisotopic (exact) mass is 508 g/mol. The first-order chi connectivity index (χ1) is 18.1. The second kappa shape index (κ2) is 11.4. The molecule has 4 aromatic carbocycles. The molecule has 0 atom stereocenters. The number of hydrogen-bond donors (Lipinski definition) is 1. The predicted octanol–water partition coefficient (Wildman–Crippen LogP) is 6.37. The Morgan fingerprint density at radius 1 is 0.865 bits per heavy atom. The van der Waals surface area contributed by atoms with E-state index in [9.17, 15) is 9.59 Å². The van der Waals surface area contributed by atoms with Crippen molar-refractivity contribution in [3.63, 3.8) is 0 Å². The Morgan fingerprint density at radius 2 is 1.62 bits per heavy atom. The molecule has 2 amide bonds. The molecule has 0 saturated heterocycles. The number of carbonyl (C=O) groups is 2. The van der Waals surface area contributed by atoms with E-state index in [1.54, 1.807) is 16.7 Å². The Hall–Kier alpha value is -4.03. The Morgan fingerprint density at radius 3 is 2.41 bits per heavy atom. The smallest absolute Gasteiger partial charge is 0.259 e. The van der Waals surface area contributed by atoms with E-state index in [2.05, 4.69) is 5.32 Å². The lowest BCUT2D eigenvalue weighted by atomic mass is 10.1. The van der Waals surface area contributed by atoms with Crippen LogP contribution in [-0.4, -0.2) is 25.0 Å². The summed E-state index contributed by atoms with van der Waals surface area (Å²) < 4.78 is 5.57. The first-order valence-corrected chi connectivity index (χ1v) is 13.2. The van der Waals surface area contributed by atoms with E-state index < -0.39 is 0 Å². The van der Waals surface area contributed by atoms with E-state index >= 15 is 0 Å². The van der Waals surface area contributed by atoms with E-state index in [0.29, 0.717) is 30.8 Å². The number of amides is 2. The summed E-state index contributed by atoms with van der Waals surface area (Å²) in [6.07, 6.45) is 0.755. The third-order valence-electron chi connectivity index (χ3n) is 6.21. The van der Waals surface area contributed by atoms with Crippen molar-refractivity contribution in [1.29, 1.82) is 0 Å². The standard InChI is InChI=1S/C31H28N2O3S/c1-2-36-25-15-12-23(13-16-25)21-33-27-20-24(30(34)32-19-18-22-8-4-3-5-9-22)14-17-29(27)37-28-11-7-6-10-26(28)31(33)35/h3-17,20H,2,18-19,21H2,1H3,(H,32,34). The molecule has 0 unspecified atom stereocenters. The summed E-state index contributed by atoms with van der Waals surface area (Å²) in [5.74, 6) is 0.556. The fourth-order valence-electron chi connectivity index (χ4n) is 4.33. The number of carbonyl (C=O) groups excluding carboxylic acids is 2. The highest BCUT2D eigenvalue weighted by Gasteiger charge is 2.28. The second-order valence-corrected chi connectivity index (χ2v) is 9.82. The van der Waals surface area contributed by atoms with Crippen molar-refractivity contribution in [2.24, 2.45) is 0 Å². The van der Waals surface area contributed by atoms with Gasteiger partial charge in [-0.15, -0.1) is 0 Å². The first-order valence-electron chi connectivity index (χ1n) is 12.4. The number of benzene rings is 4. The van der Waals surface area contributed by atoms with Gasteiger partial charge in [-0.3, -0.25) is 9.59 Å². The molecule has 1 aliphatic rings. The lowest BCUT2D eigenvalue weighted by Crippen LogP contribution is -2.31. The molecule has 0 spiro atoms. The summed E-state index contributed by atoms with van der Waals surface area (Å²) in [5, 5.41) is 3.02. The lowest BCUT2D eigenvalue weighted by Gasteiger charge is -2.24. The zero-order valence-corrected chi connectivity index (χ0v) is 21.5. The highest BCUT2D eigenvalue weighted by Crippen LogP contribution is 2.42. The van der Waals surface area contributed by atoms with Gasteiger partial charge in [0.15, 0.2) is 0 Å². The minimum atomic E-state index is -0.154. The zero-order chi connectivity index (χ0) is 25.6. The van der Waals surface area contributed by atoms with Crippen LogP contribution < -0.4 is 15.0 Å². The molecule has 0 fully saturated rings. The van der Waals surface area contributed by atoms with Gasteiger partial charge < -0.3 is 15.0 Å². The van der Waals surface area contributed by atoms with Crippen LogP contribution >= 0.6 is 11.8 Å². The van der Waals surface area contributed by atoms with Crippen LogP contribution in [0.15, 0.2) is 107 Å². The Bertz CT molecular complexity index is 1400. The van der Waals surface area contributed by atoms with E-state index in [-0.39, 0.29) is 11.8 Å². The van der Waals surface area contributed by atoms with E-state index in [4.69, 9.17) is 4.74 Å². The van der Waals surface area contributed by atoms with Gasteiger partial charge in [0.2, 0.25) is 0 Å². The average molecular weight is 509 g/mol. The van der Waals surface area contributed by atoms with Gasteiger partial charge in [0, 0.05) is 21.9 Å². The highest BCUT2D eigenvalue weighted by atomic mass is 32.2. The molecule has 5 rings (SSSR count). The number of anilines is 1. The summed E-state index contributed by atoms with van der Waals surface area (Å²) in [7, 11) is 0. The van der Waals surface area contributed by atoms with Crippen molar-refractivity contribution in [3.05, 3.63) is 119 Å². The fraction of sp³-hybridized carbons (Fsp3) is 0.161. The van der Waals surface area contributed by atoms with Crippen molar-refractivity contribution in [3.8, 4) is 5.75 Å². The molecule has 1 N–H and O–H groups in total. The minimum absolute atomic E-state index is 0.0858. The van der Waals surface area contributed by atoms with Gasteiger partial charge in [-0.25, -0.2) is 0 Å². The maximum Gasteiger partial charge on any atom is 0.259 e. The number of nitrogens with zero attached hydrogens (tertiary/aromatic N) is 1. The molecule has 1 heterocycles. The van der Waals surface area contributed by atoms with Crippen LogP contribution in [0.3, 0.4) is 0 Å². The highest BCUT2D eigenvalue weighted by molar-refractivity contribution is 7.99. The Balaban J connectivity index is 1.42. The lowest BCUT2D eigenvalue weighted by molar-refractivity contribution is 0.0950. The van der Waals surface area contributed by atoms with Gasteiger partial charge in [-0.2, -0.15) is 0 Å². The summed E-state index contributed by atoms with van der Waals surface area (Å²) in [6.45, 7) is 3.47. The van der Waals surface area contributed by atoms with Gasteiger partial charge in [-0.05, 0) is 66.9 Å². The van der Waals surface area contributed by atoms with Crippen LogP contribution in [0.1, 0.15) is 38.8 Å². The van der Waals surface area contributed by atoms with Crippen LogP contribution in [0, 0.1) is 0 Å². The average Bonchev–Trinajstić information content (AvgIpc) is 3.04. The zero-order valence-electron chi connectivity index (χ0n) is 20.6. The van der Waals surface area contributed by atoms with Crippen LogP contribution in [0.25, 0.3) is 0 Å². The maximum absolute atomic E-state index is 13.8. The van der Waals surface area contributed by atoms with Gasteiger partial charge >= 0.3 is 0 Å². The largest absolute Gasteiger partial charge is 0.494 e. The Labute approximate surface area is 221 Å². The third-order valence-corrected chi connectivity index (χ3v) is 7.35. The normalized spacial score (nSPS) is 12.4. The SMILES string of the molecule is CCOc1ccc(CN2C(=O)c3ccccc3Sc3ccc(C(=O)NCCc4ccccc4)cc32)cc1. The molecule has 1 aliphatic heterocycles. The summed E-state index contributed by atoms with van der Waals surface area (Å²) in [6, 6.07) is 31.1. The topological polar surface area (TPSA) is 58.6 Å². The van der Waals surface area contributed by atoms with Crippen molar-refractivity contribution in [1.82, 2.24) is 5.32 Å². The van der Waals surface area contributed by atoms with Gasteiger partial charge in [0.25, 0.3) is 11.8 Å². The first kappa shape index (κ1) is 24.7. The van der Waals surface area contributed by atoms with Gasteiger partial charge in [0.1, 0.15) is 5.75 Å². The van der Waals surface area contributed by atoms with Crippen molar-refractivity contribution in [2.75, 3.05) is 18.1 Å². The minimum Gasteiger partial charge on any atom is -0.494 e. The second-order valence-electron chi connectivity index (χ2n) is 8.74. The fourth-order valence-corrected chi connectivity index (χ4v) is 5.38. The molecule has 0 saturated carbocycles. The molecule has 6 heteroatoms. The van der Waals surface area contributed by atoms with Crippen LogP contribution in [-0.2, 0) is 13.0 Å². The van der Waals surface area contributed by atoms with E-state index in [1.807, 2.05) is 104 Å². The molecule has 37 heavy (non-hydrogen) atoms. The summed E-state index contributed by atoms with van der Waals surface area (Å²) >= 11 is 1.55. The molecule has 0 bridgehead atoms. The quantitative estimate of drug-likeness (QED) is 0.301. The molecule has 5 nitrogen and oxygen atoms in total. The molecule has 4 aromatic rings. The summed E-state index contributed by atoms with van der Waals surface area (Å²) in [5.41, 5.74) is 4.07. The van der Waals surface area contributed by atoms with Gasteiger partial charge in [-0.1, -0.05) is 66.4 Å². The molecule has 0 radical (unpaired) electrons. The number of hydrogen-bond acceptors (Lipinski definition) is 4. The molecular formula is C31H28N2O3S. The number of nitrogens with one attached hydrogen (secondary N) is 1. The third kappa shape index (κ3) is 5.70. The number of fused-ring (bicyclic) bond motifs is 2. The van der Waals surface area contributed by atoms with E-state index in [1.165, 1.54) is 5.56 Å². The summed E-state index contributed by atoms with van der Waals surface area (Å²) in [4.78, 5) is 30.4. The maximum atomic E-state index is 13.8. The van der Waals surface area contributed by atoms with Gasteiger partial charge in [0.05, 0.1) is 24.4 Å². The predicted molar refractivity (Wildman–Crippen MR) is 148 cm³/mol. The van der Waals surface area contributed by atoms with Crippen molar-refractivity contribution < 1.29 is 14.3 Å². The van der Waals surface area contributed by atoms with Crippen molar-refractivity contribution >= 4 is 29.3 Å². The number of rotatable bonds is 8.